The number of aryl methyl sites for hydroxylation is 1. The molecule has 0 spiro atoms. The monoisotopic (exact) mass is 277 g/mol. The number of benzene rings is 1. The lowest BCUT2D eigenvalue weighted by Gasteiger charge is -2.12. The van der Waals surface area contributed by atoms with Gasteiger partial charge in [-0.1, -0.05) is 0 Å². The Balaban J connectivity index is 2.48. The van der Waals surface area contributed by atoms with E-state index in [0.717, 1.165) is 5.56 Å². The van der Waals surface area contributed by atoms with E-state index in [1.807, 2.05) is 0 Å². The van der Waals surface area contributed by atoms with Crippen LogP contribution in [0.4, 0.5) is 0 Å². The zero-order valence-electron chi connectivity index (χ0n) is 11.1. The molecule has 0 bridgehead atoms. The van der Waals surface area contributed by atoms with E-state index in [-0.39, 0.29) is 17.9 Å². The zero-order valence-corrected chi connectivity index (χ0v) is 11.1. The highest BCUT2D eigenvalue weighted by atomic mass is 16.4. The van der Waals surface area contributed by atoms with Crippen LogP contribution in [0.1, 0.15) is 18.1 Å². The second-order valence-electron chi connectivity index (χ2n) is 4.63. The van der Waals surface area contributed by atoms with E-state index in [1.165, 1.54) is 19.1 Å². The Labute approximate surface area is 114 Å². The van der Waals surface area contributed by atoms with E-state index in [4.69, 9.17) is 9.52 Å². The fourth-order valence-corrected chi connectivity index (χ4v) is 1.94. The fourth-order valence-electron chi connectivity index (χ4n) is 1.94. The summed E-state index contributed by atoms with van der Waals surface area (Å²) in [4.78, 5) is 22.2. The van der Waals surface area contributed by atoms with E-state index in [0.29, 0.717) is 10.9 Å². The van der Waals surface area contributed by atoms with Crippen LogP contribution in [0, 0.1) is 6.92 Å². The normalized spacial score (nSPS) is 12.5. The standard InChI is InChI=1S/C14H15NO5/c1-7-5-12(17)20-13-9(7)3-4-11(16)10(13)6-15-8(2)14(18)19/h3-5,8,15-16H,6H2,1-2H3,(H,18,19)/t8-/m0/s1. The van der Waals surface area contributed by atoms with Crippen molar-refractivity contribution >= 4 is 16.9 Å². The summed E-state index contributed by atoms with van der Waals surface area (Å²) in [6, 6.07) is 3.75. The largest absolute Gasteiger partial charge is 0.507 e. The Morgan fingerprint density at radius 3 is 2.80 bits per heavy atom. The number of aliphatic carboxylic acids is 1. The molecule has 1 aromatic carbocycles. The van der Waals surface area contributed by atoms with Gasteiger partial charge in [0.25, 0.3) is 0 Å². The molecule has 6 nitrogen and oxygen atoms in total. The summed E-state index contributed by atoms with van der Waals surface area (Å²) >= 11 is 0. The molecule has 1 atom stereocenters. The molecule has 0 saturated carbocycles. The van der Waals surface area contributed by atoms with Gasteiger partial charge in [-0.05, 0) is 31.5 Å². The molecule has 1 heterocycles. The summed E-state index contributed by atoms with van der Waals surface area (Å²) in [7, 11) is 0. The highest BCUT2D eigenvalue weighted by Crippen LogP contribution is 2.27. The number of carboxylic acid groups (broad SMARTS) is 1. The average Bonchev–Trinajstić information content (AvgIpc) is 2.36. The van der Waals surface area contributed by atoms with Gasteiger partial charge >= 0.3 is 11.6 Å². The molecule has 0 saturated heterocycles. The number of aromatic hydroxyl groups is 1. The Bertz CT molecular complexity index is 719. The molecule has 3 N–H and O–H groups in total. The van der Waals surface area contributed by atoms with Gasteiger partial charge in [0, 0.05) is 18.0 Å². The summed E-state index contributed by atoms with van der Waals surface area (Å²) in [6.45, 7) is 3.35. The average molecular weight is 277 g/mol. The van der Waals surface area contributed by atoms with Crippen molar-refractivity contribution in [3.63, 3.8) is 0 Å². The zero-order chi connectivity index (χ0) is 14.9. The second kappa shape index (κ2) is 5.34. The molecule has 0 radical (unpaired) electrons. The van der Waals surface area contributed by atoms with Gasteiger partial charge in [0.2, 0.25) is 0 Å². The summed E-state index contributed by atoms with van der Waals surface area (Å²) in [5, 5.41) is 22.2. The van der Waals surface area contributed by atoms with Crippen molar-refractivity contribution in [1.29, 1.82) is 0 Å². The van der Waals surface area contributed by atoms with Crippen LogP contribution in [0.2, 0.25) is 0 Å². The predicted octanol–water partition coefficient (Wildman–Crippen LogP) is 1.37. The molecule has 0 aliphatic rings. The number of nitrogens with one attached hydrogen (secondary N) is 1. The number of fused-ring (bicyclic) bond motifs is 1. The minimum Gasteiger partial charge on any atom is -0.507 e. The van der Waals surface area contributed by atoms with E-state index in [9.17, 15) is 14.7 Å². The van der Waals surface area contributed by atoms with Gasteiger partial charge in [-0.15, -0.1) is 0 Å². The Hall–Kier alpha value is -2.34. The second-order valence-corrected chi connectivity index (χ2v) is 4.63. The van der Waals surface area contributed by atoms with Gasteiger partial charge in [-0.3, -0.25) is 4.79 Å². The van der Waals surface area contributed by atoms with Crippen molar-refractivity contribution in [3.8, 4) is 5.75 Å². The molecule has 2 rings (SSSR count). The number of hydrogen-bond donors (Lipinski definition) is 3. The highest BCUT2D eigenvalue weighted by molar-refractivity contribution is 5.85. The molecule has 6 heteroatoms. The van der Waals surface area contributed by atoms with Crippen LogP contribution in [0.5, 0.6) is 5.75 Å². The quantitative estimate of drug-likeness (QED) is 0.730. The topological polar surface area (TPSA) is 99.8 Å². The molecule has 0 aliphatic carbocycles. The summed E-state index contributed by atoms with van der Waals surface area (Å²) in [5.41, 5.74) is 0.883. The van der Waals surface area contributed by atoms with Crippen LogP contribution >= 0.6 is 0 Å². The number of phenols is 1. The van der Waals surface area contributed by atoms with Gasteiger partial charge in [-0.25, -0.2) is 4.79 Å². The van der Waals surface area contributed by atoms with E-state index in [2.05, 4.69) is 5.32 Å². The molecule has 0 aliphatic heterocycles. The van der Waals surface area contributed by atoms with Crippen LogP contribution in [0.15, 0.2) is 27.4 Å². The smallest absolute Gasteiger partial charge is 0.336 e. The van der Waals surface area contributed by atoms with Crippen LogP contribution in [0.25, 0.3) is 11.0 Å². The third kappa shape index (κ3) is 2.65. The maximum atomic E-state index is 11.5. The lowest BCUT2D eigenvalue weighted by molar-refractivity contribution is -0.139. The predicted molar refractivity (Wildman–Crippen MR) is 72.8 cm³/mol. The third-order valence-corrected chi connectivity index (χ3v) is 3.15. The first-order chi connectivity index (χ1) is 9.40. The lowest BCUT2D eigenvalue weighted by atomic mass is 10.1. The van der Waals surface area contributed by atoms with Crippen LogP contribution in [0.3, 0.4) is 0 Å². The summed E-state index contributed by atoms with van der Waals surface area (Å²) in [5.74, 6) is -1.04. The Morgan fingerprint density at radius 2 is 2.15 bits per heavy atom. The molecule has 2 aromatic rings. The van der Waals surface area contributed by atoms with Gasteiger partial charge < -0.3 is 19.9 Å². The van der Waals surface area contributed by atoms with Crippen molar-refractivity contribution < 1.29 is 19.4 Å². The number of hydrogen-bond acceptors (Lipinski definition) is 5. The molecule has 0 unspecified atom stereocenters. The van der Waals surface area contributed by atoms with Gasteiger partial charge in [-0.2, -0.15) is 0 Å². The SMILES string of the molecule is Cc1cc(=O)oc2c(CN[C@@H](C)C(=O)O)c(O)ccc12. The van der Waals surface area contributed by atoms with E-state index in [1.54, 1.807) is 13.0 Å². The first kappa shape index (κ1) is 14.1. The minimum absolute atomic E-state index is 0.0451. The van der Waals surface area contributed by atoms with Crippen LogP contribution < -0.4 is 10.9 Å². The van der Waals surface area contributed by atoms with Crippen molar-refractivity contribution in [2.24, 2.45) is 0 Å². The molecular weight excluding hydrogens is 262 g/mol. The van der Waals surface area contributed by atoms with E-state index < -0.39 is 17.6 Å². The molecule has 1 aromatic heterocycles. The summed E-state index contributed by atoms with van der Waals surface area (Å²) < 4.78 is 5.14. The fraction of sp³-hybridized carbons (Fsp3) is 0.286. The molecule has 0 amide bonds. The summed E-state index contributed by atoms with van der Waals surface area (Å²) in [6.07, 6.45) is 0. The van der Waals surface area contributed by atoms with Crippen molar-refractivity contribution in [1.82, 2.24) is 5.32 Å². The maximum Gasteiger partial charge on any atom is 0.336 e. The number of phenolic OH excluding ortho intramolecular Hbond substituents is 1. The maximum absolute atomic E-state index is 11.5. The molecular formula is C14H15NO5. The number of carboxylic acids is 1. The molecule has 106 valence electrons. The number of rotatable bonds is 4. The van der Waals surface area contributed by atoms with Crippen molar-refractivity contribution in [2.45, 2.75) is 26.4 Å². The van der Waals surface area contributed by atoms with E-state index >= 15 is 0 Å². The Kier molecular flexibility index (Phi) is 3.76. The van der Waals surface area contributed by atoms with Gasteiger partial charge in [0.05, 0.1) is 5.56 Å². The number of carbonyl (C=O) groups is 1. The first-order valence-corrected chi connectivity index (χ1v) is 6.11. The lowest BCUT2D eigenvalue weighted by Crippen LogP contribution is -2.33. The molecule has 0 fully saturated rings. The van der Waals surface area contributed by atoms with Crippen LogP contribution in [-0.2, 0) is 11.3 Å². The van der Waals surface area contributed by atoms with Gasteiger partial charge in [0.1, 0.15) is 17.4 Å². The van der Waals surface area contributed by atoms with Gasteiger partial charge in [0.15, 0.2) is 0 Å². The van der Waals surface area contributed by atoms with Crippen molar-refractivity contribution in [2.75, 3.05) is 0 Å². The first-order valence-electron chi connectivity index (χ1n) is 6.11. The van der Waals surface area contributed by atoms with Crippen LogP contribution in [-0.4, -0.2) is 22.2 Å². The molecule has 20 heavy (non-hydrogen) atoms. The van der Waals surface area contributed by atoms with Crippen molar-refractivity contribution in [3.05, 3.63) is 39.7 Å². The minimum atomic E-state index is -0.998. The third-order valence-electron chi connectivity index (χ3n) is 3.15. The highest BCUT2D eigenvalue weighted by Gasteiger charge is 2.15. The Morgan fingerprint density at radius 1 is 1.45 bits per heavy atom.